The molecule has 0 unspecified atom stereocenters. The third-order valence-electron chi connectivity index (χ3n) is 3.82. The number of hydrogen-bond donors (Lipinski definition) is 1. The maximum atomic E-state index is 12.4. The van der Waals surface area contributed by atoms with Crippen molar-refractivity contribution < 1.29 is 4.79 Å². The largest absolute Gasteiger partial charge is 0.339 e. The predicted molar refractivity (Wildman–Crippen MR) is 97.7 cm³/mol. The molecule has 0 bridgehead atoms. The Labute approximate surface area is 145 Å². The number of nitrogens with one attached hydrogen (secondary N) is 1. The smallest absolute Gasteiger partial charge is 0.244 e. The highest BCUT2D eigenvalue weighted by Crippen LogP contribution is 2.21. The van der Waals surface area contributed by atoms with E-state index < -0.39 is 0 Å². The van der Waals surface area contributed by atoms with Gasteiger partial charge >= 0.3 is 0 Å². The van der Waals surface area contributed by atoms with Crippen LogP contribution in [0.25, 0.3) is 6.08 Å². The first-order chi connectivity index (χ1) is 11.6. The molecule has 3 aromatic rings. The van der Waals surface area contributed by atoms with E-state index in [9.17, 15) is 4.79 Å². The quantitative estimate of drug-likeness (QED) is 0.722. The van der Waals surface area contributed by atoms with E-state index in [0.29, 0.717) is 0 Å². The minimum Gasteiger partial charge on any atom is -0.339 e. The van der Waals surface area contributed by atoms with Gasteiger partial charge in [-0.3, -0.25) is 4.79 Å². The summed E-state index contributed by atoms with van der Waals surface area (Å²) in [5, 5.41) is 5.08. The standard InChI is InChI=1S/C19H19N3OS/c1-14-10-13-24-16(14)8-9-17(23)21-18(15-6-4-3-5-7-15)19-20-11-12-22(19)2/h3-13,18H,1-2H3,(H,21,23)/b9-8+/t18-/m1/s1. The van der Waals surface area contributed by atoms with Crippen molar-refractivity contribution in [3.05, 3.63) is 82.1 Å². The number of imidazole rings is 1. The van der Waals surface area contributed by atoms with Gasteiger partial charge in [-0.15, -0.1) is 11.3 Å². The predicted octanol–water partition coefficient (Wildman–Crippen LogP) is 3.71. The third kappa shape index (κ3) is 3.63. The molecule has 122 valence electrons. The molecule has 0 fully saturated rings. The van der Waals surface area contributed by atoms with Crippen LogP contribution in [0.4, 0.5) is 0 Å². The molecular formula is C19H19N3OS. The molecule has 0 aliphatic carbocycles. The van der Waals surface area contributed by atoms with E-state index in [2.05, 4.69) is 10.3 Å². The van der Waals surface area contributed by atoms with E-state index in [1.807, 2.05) is 72.6 Å². The summed E-state index contributed by atoms with van der Waals surface area (Å²) in [6.07, 6.45) is 7.05. The van der Waals surface area contributed by atoms with Gasteiger partial charge in [0.1, 0.15) is 11.9 Å². The molecule has 2 heterocycles. The van der Waals surface area contributed by atoms with Crippen LogP contribution in [0.15, 0.2) is 60.2 Å². The molecule has 5 heteroatoms. The molecule has 0 aliphatic rings. The molecule has 0 radical (unpaired) electrons. The van der Waals surface area contributed by atoms with Crippen LogP contribution < -0.4 is 5.32 Å². The van der Waals surface area contributed by atoms with Gasteiger partial charge in [-0.05, 0) is 35.6 Å². The van der Waals surface area contributed by atoms with Gasteiger partial charge in [-0.1, -0.05) is 30.3 Å². The Morgan fingerprint density at radius 1 is 1.29 bits per heavy atom. The van der Waals surface area contributed by atoms with Gasteiger partial charge in [0.25, 0.3) is 0 Å². The topological polar surface area (TPSA) is 46.9 Å². The summed E-state index contributed by atoms with van der Waals surface area (Å²) < 4.78 is 1.92. The molecule has 1 amide bonds. The Morgan fingerprint density at radius 3 is 2.71 bits per heavy atom. The highest BCUT2D eigenvalue weighted by atomic mass is 32.1. The summed E-state index contributed by atoms with van der Waals surface area (Å²) in [6.45, 7) is 2.04. The molecule has 2 aromatic heterocycles. The fraction of sp³-hybridized carbons (Fsp3) is 0.158. The second-order valence-corrected chi connectivity index (χ2v) is 6.50. The highest BCUT2D eigenvalue weighted by molar-refractivity contribution is 7.11. The first-order valence-corrected chi connectivity index (χ1v) is 8.58. The normalized spacial score (nSPS) is 12.4. The lowest BCUT2D eigenvalue weighted by Gasteiger charge is -2.18. The highest BCUT2D eigenvalue weighted by Gasteiger charge is 2.19. The summed E-state index contributed by atoms with van der Waals surface area (Å²) in [6, 6.07) is 11.6. The van der Waals surface area contributed by atoms with Crippen molar-refractivity contribution in [1.82, 2.24) is 14.9 Å². The van der Waals surface area contributed by atoms with Crippen LogP contribution in [0, 0.1) is 6.92 Å². The lowest BCUT2D eigenvalue weighted by Crippen LogP contribution is -2.29. The van der Waals surface area contributed by atoms with Crippen molar-refractivity contribution in [1.29, 1.82) is 0 Å². The zero-order valence-electron chi connectivity index (χ0n) is 13.6. The molecule has 0 spiro atoms. The van der Waals surface area contributed by atoms with Gasteiger partial charge in [0.05, 0.1) is 0 Å². The number of hydrogen-bond acceptors (Lipinski definition) is 3. The molecular weight excluding hydrogens is 318 g/mol. The van der Waals surface area contributed by atoms with Gasteiger partial charge in [0, 0.05) is 30.4 Å². The summed E-state index contributed by atoms with van der Waals surface area (Å²) in [7, 11) is 1.93. The zero-order valence-corrected chi connectivity index (χ0v) is 14.5. The first kappa shape index (κ1) is 16.2. The lowest BCUT2D eigenvalue weighted by atomic mass is 10.1. The maximum absolute atomic E-state index is 12.4. The summed E-state index contributed by atoms with van der Waals surface area (Å²) in [5.41, 5.74) is 2.17. The number of thiophene rings is 1. The monoisotopic (exact) mass is 337 g/mol. The lowest BCUT2D eigenvalue weighted by molar-refractivity contribution is -0.117. The molecule has 0 aliphatic heterocycles. The summed E-state index contributed by atoms with van der Waals surface area (Å²) >= 11 is 1.62. The zero-order chi connectivity index (χ0) is 16.9. The van der Waals surface area contributed by atoms with Crippen molar-refractivity contribution in [3.63, 3.8) is 0 Å². The number of benzene rings is 1. The van der Waals surface area contributed by atoms with Crippen molar-refractivity contribution in [3.8, 4) is 0 Å². The van der Waals surface area contributed by atoms with E-state index in [0.717, 1.165) is 16.3 Å². The number of carbonyl (C=O) groups is 1. The number of nitrogens with zero attached hydrogens (tertiary/aromatic N) is 2. The van der Waals surface area contributed by atoms with Gasteiger partial charge < -0.3 is 9.88 Å². The van der Waals surface area contributed by atoms with Gasteiger partial charge in [0.15, 0.2) is 0 Å². The second kappa shape index (κ2) is 7.27. The Balaban J connectivity index is 1.82. The van der Waals surface area contributed by atoms with Crippen LogP contribution >= 0.6 is 11.3 Å². The fourth-order valence-electron chi connectivity index (χ4n) is 2.49. The second-order valence-electron chi connectivity index (χ2n) is 5.55. The van der Waals surface area contributed by atoms with Gasteiger partial charge in [-0.2, -0.15) is 0 Å². The third-order valence-corrected chi connectivity index (χ3v) is 4.81. The minimum atomic E-state index is -0.284. The number of aryl methyl sites for hydroxylation is 2. The number of carbonyl (C=O) groups excluding carboxylic acids is 1. The van der Waals surface area contributed by atoms with Crippen molar-refractivity contribution in [2.75, 3.05) is 0 Å². The molecule has 3 rings (SSSR count). The van der Waals surface area contributed by atoms with Gasteiger partial charge in [0.2, 0.25) is 5.91 Å². The van der Waals surface area contributed by atoms with Gasteiger partial charge in [-0.25, -0.2) is 4.98 Å². The van der Waals surface area contributed by atoms with Crippen LogP contribution in [-0.4, -0.2) is 15.5 Å². The molecule has 4 nitrogen and oxygen atoms in total. The van der Waals surface area contributed by atoms with Crippen LogP contribution in [0.1, 0.15) is 27.9 Å². The number of amides is 1. The summed E-state index contributed by atoms with van der Waals surface area (Å²) in [5.74, 6) is 0.662. The van der Waals surface area contributed by atoms with E-state index in [4.69, 9.17) is 0 Å². The van der Waals surface area contributed by atoms with E-state index >= 15 is 0 Å². The van der Waals surface area contributed by atoms with Crippen molar-refractivity contribution in [2.45, 2.75) is 13.0 Å². The number of rotatable bonds is 5. The van der Waals surface area contributed by atoms with Crippen LogP contribution in [-0.2, 0) is 11.8 Å². The molecule has 1 N–H and O–H groups in total. The Kier molecular flexibility index (Phi) is 4.91. The maximum Gasteiger partial charge on any atom is 0.244 e. The average molecular weight is 337 g/mol. The molecule has 24 heavy (non-hydrogen) atoms. The van der Waals surface area contributed by atoms with E-state index in [1.165, 1.54) is 5.56 Å². The molecule has 1 aromatic carbocycles. The molecule has 0 saturated heterocycles. The Bertz CT molecular complexity index is 848. The molecule has 1 atom stereocenters. The summed E-state index contributed by atoms with van der Waals surface area (Å²) in [4.78, 5) is 17.9. The Hall–Kier alpha value is -2.66. The Morgan fingerprint density at radius 2 is 2.08 bits per heavy atom. The minimum absolute atomic E-state index is 0.139. The van der Waals surface area contributed by atoms with E-state index in [-0.39, 0.29) is 11.9 Å². The van der Waals surface area contributed by atoms with Crippen molar-refractivity contribution in [2.24, 2.45) is 7.05 Å². The molecule has 0 saturated carbocycles. The van der Waals surface area contributed by atoms with Crippen LogP contribution in [0.5, 0.6) is 0 Å². The fourth-order valence-corrected chi connectivity index (χ4v) is 3.31. The SMILES string of the molecule is Cc1ccsc1/C=C/C(=O)N[C@H](c1ccccc1)c1nccn1C. The van der Waals surface area contributed by atoms with Crippen molar-refractivity contribution >= 4 is 23.3 Å². The van der Waals surface area contributed by atoms with E-state index in [1.54, 1.807) is 23.6 Å². The average Bonchev–Trinajstić information content (AvgIpc) is 3.20. The first-order valence-electron chi connectivity index (χ1n) is 7.70. The van der Waals surface area contributed by atoms with Crippen LogP contribution in [0.3, 0.4) is 0 Å². The number of aromatic nitrogens is 2. The van der Waals surface area contributed by atoms with Crippen LogP contribution in [0.2, 0.25) is 0 Å².